The molecule has 6 unspecified atom stereocenters. The van der Waals surface area contributed by atoms with E-state index in [4.69, 9.17) is 0 Å². The van der Waals surface area contributed by atoms with Crippen molar-refractivity contribution >= 4 is 33.7 Å². The van der Waals surface area contributed by atoms with Crippen LogP contribution in [0.25, 0.3) is 0 Å². The Morgan fingerprint density at radius 1 is 1.24 bits per heavy atom. The zero-order valence-corrected chi connectivity index (χ0v) is 19.2. The summed E-state index contributed by atoms with van der Waals surface area (Å²) in [5.74, 6) is -0.695. The summed E-state index contributed by atoms with van der Waals surface area (Å²) in [6.45, 7) is 6.73. The van der Waals surface area contributed by atoms with E-state index in [0.29, 0.717) is 24.8 Å². The highest BCUT2D eigenvalue weighted by atomic mass is 32.2. The molecular formula is C19H32N4O4S2. The fraction of sp³-hybridized carbons (Fsp3) is 0.895. The number of rotatable bonds is 5. The molecule has 2 saturated heterocycles. The van der Waals surface area contributed by atoms with Gasteiger partial charge in [-0.3, -0.25) is 9.69 Å². The molecule has 10 heteroatoms. The average Bonchev–Trinajstić information content (AvgIpc) is 3.27. The van der Waals surface area contributed by atoms with Crippen molar-refractivity contribution in [2.75, 3.05) is 13.6 Å². The van der Waals surface area contributed by atoms with Crippen LogP contribution in [0.15, 0.2) is 0 Å². The maximum atomic E-state index is 12.9. The number of hydrogen-bond acceptors (Lipinski definition) is 6. The fourth-order valence-corrected chi connectivity index (χ4v) is 8.28. The third-order valence-electron chi connectivity index (χ3n) is 6.98. The Hall–Kier alpha value is -0.840. The van der Waals surface area contributed by atoms with Gasteiger partial charge in [0.1, 0.15) is 0 Å². The molecular weight excluding hydrogens is 412 g/mol. The van der Waals surface area contributed by atoms with E-state index in [-0.39, 0.29) is 41.2 Å². The van der Waals surface area contributed by atoms with Gasteiger partial charge in [0.15, 0.2) is 0 Å². The lowest BCUT2D eigenvalue weighted by Crippen LogP contribution is -2.64. The van der Waals surface area contributed by atoms with E-state index in [1.165, 1.54) is 11.9 Å². The average molecular weight is 445 g/mol. The summed E-state index contributed by atoms with van der Waals surface area (Å²) in [4.78, 5) is 28.8. The zero-order chi connectivity index (χ0) is 21.1. The summed E-state index contributed by atoms with van der Waals surface area (Å²) in [6.07, 6.45) is 3.03. The topological polar surface area (TPSA) is 98.8 Å². The molecule has 8 nitrogen and oxygen atoms in total. The Labute approximate surface area is 177 Å². The largest absolute Gasteiger partial charge is 0.326 e. The normalized spacial score (nSPS) is 39.6. The monoisotopic (exact) mass is 444 g/mol. The first-order valence-electron chi connectivity index (χ1n) is 10.5. The molecule has 4 aliphatic rings. The molecule has 6 atom stereocenters. The molecule has 2 saturated carbocycles. The Morgan fingerprint density at radius 2 is 1.93 bits per heavy atom. The van der Waals surface area contributed by atoms with Crippen molar-refractivity contribution in [2.24, 2.45) is 5.92 Å². The molecule has 0 radical (unpaired) electrons. The molecule has 0 bridgehead atoms. The van der Waals surface area contributed by atoms with E-state index in [0.717, 1.165) is 12.8 Å². The SMILES string of the molecule is CC1NC(C)C(CN2C(=O)N(C)C(=O)C3CC(S(=O)(=O)NC4(C)CC4)CCC32)S1. The van der Waals surface area contributed by atoms with Crippen LogP contribution in [0.5, 0.6) is 0 Å². The van der Waals surface area contributed by atoms with Crippen molar-refractivity contribution < 1.29 is 18.0 Å². The van der Waals surface area contributed by atoms with Crippen molar-refractivity contribution in [2.45, 2.75) is 86.4 Å². The molecule has 4 fully saturated rings. The number of sulfonamides is 1. The molecule has 0 aromatic rings. The lowest BCUT2D eigenvalue weighted by Gasteiger charge is -2.48. The number of hydrogen-bond donors (Lipinski definition) is 2. The van der Waals surface area contributed by atoms with Gasteiger partial charge in [0, 0.05) is 36.5 Å². The van der Waals surface area contributed by atoms with Crippen molar-refractivity contribution in [3.63, 3.8) is 0 Å². The molecule has 164 valence electrons. The number of urea groups is 1. The minimum atomic E-state index is -3.48. The second kappa shape index (κ2) is 7.39. The van der Waals surface area contributed by atoms with Crippen LogP contribution < -0.4 is 10.0 Å². The second-order valence-corrected chi connectivity index (χ2v) is 13.0. The van der Waals surface area contributed by atoms with E-state index < -0.39 is 21.2 Å². The minimum absolute atomic E-state index is 0.210. The van der Waals surface area contributed by atoms with E-state index in [1.807, 2.05) is 23.6 Å². The number of thioether (sulfide) groups is 1. The Morgan fingerprint density at radius 3 is 2.52 bits per heavy atom. The van der Waals surface area contributed by atoms with E-state index in [1.54, 1.807) is 0 Å². The highest BCUT2D eigenvalue weighted by Crippen LogP contribution is 2.40. The number of carbonyl (C=O) groups is 2. The van der Waals surface area contributed by atoms with E-state index in [9.17, 15) is 18.0 Å². The number of nitrogens with zero attached hydrogens (tertiary/aromatic N) is 2. The third kappa shape index (κ3) is 4.05. The first-order chi connectivity index (χ1) is 13.5. The van der Waals surface area contributed by atoms with Gasteiger partial charge in [0.2, 0.25) is 15.9 Å². The summed E-state index contributed by atoms with van der Waals surface area (Å²) < 4.78 is 28.6. The smallest absolute Gasteiger partial charge is 0.319 e. The highest BCUT2D eigenvalue weighted by molar-refractivity contribution is 8.00. The molecule has 2 N–H and O–H groups in total. The Bertz CT molecular complexity index is 800. The summed E-state index contributed by atoms with van der Waals surface area (Å²) in [7, 11) is -1.96. The molecule has 2 heterocycles. The van der Waals surface area contributed by atoms with Crippen LogP contribution in [-0.2, 0) is 14.8 Å². The van der Waals surface area contributed by atoms with Gasteiger partial charge in [0.25, 0.3) is 0 Å². The minimum Gasteiger partial charge on any atom is -0.319 e. The number of carbonyl (C=O) groups excluding carboxylic acids is 2. The molecule has 0 aromatic heterocycles. The maximum absolute atomic E-state index is 12.9. The van der Waals surface area contributed by atoms with Crippen LogP contribution >= 0.6 is 11.8 Å². The number of nitrogens with one attached hydrogen (secondary N) is 2. The molecule has 3 amide bonds. The summed E-state index contributed by atoms with van der Waals surface area (Å²) in [5, 5.41) is 3.49. The van der Waals surface area contributed by atoms with Crippen molar-refractivity contribution in [3.8, 4) is 0 Å². The summed E-state index contributed by atoms with van der Waals surface area (Å²) in [5.41, 5.74) is -0.315. The van der Waals surface area contributed by atoms with Crippen molar-refractivity contribution in [1.82, 2.24) is 19.8 Å². The quantitative estimate of drug-likeness (QED) is 0.664. The summed E-state index contributed by atoms with van der Waals surface area (Å²) >= 11 is 1.81. The summed E-state index contributed by atoms with van der Waals surface area (Å²) in [6, 6.07) is -0.184. The lowest BCUT2D eigenvalue weighted by atomic mass is 9.80. The maximum Gasteiger partial charge on any atom is 0.326 e. The number of imide groups is 1. The van der Waals surface area contributed by atoms with Crippen molar-refractivity contribution in [3.05, 3.63) is 0 Å². The third-order valence-corrected chi connectivity index (χ3v) is 10.5. The Kier molecular flexibility index (Phi) is 5.45. The van der Waals surface area contributed by atoms with Gasteiger partial charge in [-0.15, -0.1) is 11.8 Å². The van der Waals surface area contributed by atoms with Crippen molar-refractivity contribution in [1.29, 1.82) is 0 Å². The number of fused-ring (bicyclic) bond motifs is 1. The van der Waals surface area contributed by atoms with Crippen LogP contribution in [0, 0.1) is 5.92 Å². The van der Waals surface area contributed by atoms with Crippen LogP contribution in [0.4, 0.5) is 4.79 Å². The van der Waals surface area contributed by atoms with Crippen LogP contribution in [-0.4, -0.2) is 77.2 Å². The van der Waals surface area contributed by atoms with Gasteiger partial charge in [-0.2, -0.15) is 0 Å². The molecule has 2 aliphatic heterocycles. The predicted molar refractivity (Wildman–Crippen MR) is 113 cm³/mol. The van der Waals surface area contributed by atoms with Gasteiger partial charge < -0.3 is 10.2 Å². The van der Waals surface area contributed by atoms with Crippen LogP contribution in [0.2, 0.25) is 0 Å². The zero-order valence-electron chi connectivity index (χ0n) is 17.6. The van der Waals surface area contributed by atoms with Gasteiger partial charge in [-0.1, -0.05) is 0 Å². The molecule has 0 spiro atoms. The van der Waals surface area contributed by atoms with Gasteiger partial charge in [-0.25, -0.2) is 17.9 Å². The molecule has 0 aromatic carbocycles. The highest BCUT2D eigenvalue weighted by Gasteiger charge is 2.52. The van der Waals surface area contributed by atoms with E-state index in [2.05, 4.69) is 23.9 Å². The predicted octanol–water partition coefficient (Wildman–Crippen LogP) is 1.33. The first kappa shape index (κ1) is 21.4. The lowest BCUT2D eigenvalue weighted by molar-refractivity contribution is -0.139. The standard InChI is InChI=1S/C19H32N4O4S2/c1-11-16(28-12(2)20-11)10-23-15-6-5-13(29(26,27)21-19(3)7-8-19)9-14(15)17(24)22(4)18(23)25/h11-16,20-21H,5-10H2,1-4H3. The van der Waals surface area contributed by atoms with Gasteiger partial charge in [-0.05, 0) is 52.9 Å². The van der Waals surface area contributed by atoms with Crippen LogP contribution in [0.1, 0.15) is 52.9 Å². The fourth-order valence-electron chi connectivity index (χ4n) is 4.94. The first-order valence-corrected chi connectivity index (χ1v) is 13.0. The molecule has 2 aliphatic carbocycles. The number of amides is 3. The molecule has 29 heavy (non-hydrogen) atoms. The Balaban J connectivity index is 1.51. The van der Waals surface area contributed by atoms with Gasteiger partial charge >= 0.3 is 6.03 Å². The molecule has 4 rings (SSSR count). The van der Waals surface area contributed by atoms with Crippen LogP contribution in [0.3, 0.4) is 0 Å². The van der Waals surface area contributed by atoms with E-state index >= 15 is 0 Å². The van der Waals surface area contributed by atoms with Gasteiger partial charge in [0.05, 0.1) is 16.5 Å². The second-order valence-electron chi connectivity index (χ2n) is 9.42.